The fourth-order valence-corrected chi connectivity index (χ4v) is 6.26. The van der Waals surface area contributed by atoms with E-state index in [-0.39, 0.29) is 0 Å². The van der Waals surface area contributed by atoms with Crippen molar-refractivity contribution in [3.8, 4) is 16.8 Å². The summed E-state index contributed by atoms with van der Waals surface area (Å²) < 4.78 is 2.41. The largest absolute Gasteiger partial charge is 0.310 e. The van der Waals surface area contributed by atoms with E-state index in [0.717, 1.165) is 17.8 Å². The lowest BCUT2D eigenvalue weighted by Gasteiger charge is -2.26. The van der Waals surface area contributed by atoms with Crippen LogP contribution in [0.4, 0.5) is 17.1 Å². The van der Waals surface area contributed by atoms with Gasteiger partial charge in [-0.15, -0.1) is 0 Å². The van der Waals surface area contributed by atoms with Crippen molar-refractivity contribution in [3.05, 3.63) is 157 Å². The molecule has 0 saturated heterocycles. The van der Waals surface area contributed by atoms with E-state index in [0.29, 0.717) is 0 Å². The smallest absolute Gasteiger partial charge is 0.0541 e. The molecule has 0 fully saturated rings. The van der Waals surface area contributed by atoms with Crippen molar-refractivity contribution in [1.82, 2.24) is 4.57 Å². The molecule has 0 unspecified atom stereocenters. The van der Waals surface area contributed by atoms with Crippen molar-refractivity contribution in [1.29, 1.82) is 0 Å². The number of hydrogen-bond donors (Lipinski definition) is 0. The third-order valence-electron chi connectivity index (χ3n) is 7.97. The van der Waals surface area contributed by atoms with Crippen LogP contribution in [-0.4, -0.2) is 4.57 Å². The lowest BCUT2D eigenvalue weighted by atomic mass is 10.0. The number of rotatable bonds is 4. The summed E-state index contributed by atoms with van der Waals surface area (Å²) >= 11 is 0. The third-order valence-corrected chi connectivity index (χ3v) is 7.97. The van der Waals surface area contributed by atoms with Gasteiger partial charge in [0.15, 0.2) is 0 Å². The molecule has 0 saturated carbocycles. The maximum Gasteiger partial charge on any atom is 0.0541 e. The number of hydrogen-bond acceptors (Lipinski definition) is 1. The summed E-state index contributed by atoms with van der Waals surface area (Å²) in [6.07, 6.45) is 0.931. The van der Waals surface area contributed by atoms with Crippen LogP contribution in [-0.2, 0) is 6.42 Å². The normalized spacial score (nSPS) is 12.0. The van der Waals surface area contributed by atoms with Gasteiger partial charge in [0.05, 0.1) is 11.0 Å². The predicted molar refractivity (Wildman–Crippen MR) is 164 cm³/mol. The number of aromatic nitrogens is 1. The molecule has 2 nitrogen and oxygen atoms in total. The van der Waals surface area contributed by atoms with Crippen molar-refractivity contribution in [2.24, 2.45) is 0 Å². The summed E-state index contributed by atoms with van der Waals surface area (Å²) in [5, 5.41) is 2.59. The van der Waals surface area contributed by atoms with Crippen LogP contribution < -0.4 is 4.90 Å². The lowest BCUT2D eigenvalue weighted by Crippen LogP contribution is -2.09. The molecular formula is C37H26N2. The standard InChI is InChI=1S/C37H26N2/c1-3-11-28(12-4-1)38(29-13-5-2-6-14-29)30-19-21-32-26(24-30)23-27-25-31(20-22-33(27)32)39-36-17-9-7-15-34(36)35-16-8-10-18-37(35)39/h1-22,24-25H,23H2. The Bertz CT molecular complexity index is 1890. The van der Waals surface area contributed by atoms with Crippen LogP contribution in [0.3, 0.4) is 0 Å². The topological polar surface area (TPSA) is 8.17 Å². The molecule has 0 bridgehead atoms. The Labute approximate surface area is 228 Å². The minimum Gasteiger partial charge on any atom is -0.310 e. The van der Waals surface area contributed by atoms with Gasteiger partial charge in [0.1, 0.15) is 0 Å². The zero-order valence-corrected chi connectivity index (χ0v) is 21.5. The van der Waals surface area contributed by atoms with E-state index in [9.17, 15) is 0 Å². The monoisotopic (exact) mass is 498 g/mol. The van der Waals surface area contributed by atoms with Gasteiger partial charge < -0.3 is 9.47 Å². The molecule has 1 aromatic heterocycles. The second-order valence-corrected chi connectivity index (χ2v) is 10.2. The Morgan fingerprint density at radius 2 is 0.949 bits per heavy atom. The summed E-state index contributed by atoms with van der Waals surface area (Å²) in [5.74, 6) is 0. The van der Waals surface area contributed by atoms with Crippen LogP contribution in [0.2, 0.25) is 0 Å². The molecule has 0 spiro atoms. The number of benzene rings is 6. The SMILES string of the molecule is c1ccc(N(c2ccccc2)c2ccc3c(c2)Cc2cc(-n4c5ccccc5c5ccccc54)ccc2-3)cc1. The van der Waals surface area contributed by atoms with Gasteiger partial charge in [0, 0.05) is 33.5 Å². The van der Waals surface area contributed by atoms with Gasteiger partial charge in [0.25, 0.3) is 0 Å². The molecule has 7 aromatic rings. The number of para-hydroxylation sites is 4. The average molecular weight is 499 g/mol. The molecule has 1 aliphatic rings. The highest BCUT2D eigenvalue weighted by Crippen LogP contribution is 2.43. The Kier molecular flexibility index (Phi) is 4.92. The van der Waals surface area contributed by atoms with E-state index in [4.69, 9.17) is 0 Å². The molecule has 6 aromatic carbocycles. The van der Waals surface area contributed by atoms with Crippen molar-refractivity contribution >= 4 is 38.9 Å². The van der Waals surface area contributed by atoms with Gasteiger partial charge in [-0.05, 0) is 89.3 Å². The van der Waals surface area contributed by atoms with E-state index >= 15 is 0 Å². The molecule has 0 N–H and O–H groups in total. The fraction of sp³-hybridized carbons (Fsp3) is 0.0270. The van der Waals surface area contributed by atoms with E-state index < -0.39 is 0 Å². The molecule has 0 atom stereocenters. The summed E-state index contributed by atoms with van der Waals surface area (Å²) in [4.78, 5) is 2.34. The van der Waals surface area contributed by atoms with E-state index in [1.165, 1.54) is 55.4 Å². The maximum absolute atomic E-state index is 2.41. The summed E-state index contributed by atoms with van der Waals surface area (Å²) in [5.41, 5.74) is 12.6. The molecule has 8 rings (SSSR count). The molecule has 0 aliphatic heterocycles. The second kappa shape index (κ2) is 8.75. The van der Waals surface area contributed by atoms with Crippen LogP contribution in [0.25, 0.3) is 38.6 Å². The molecule has 39 heavy (non-hydrogen) atoms. The quantitative estimate of drug-likeness (QED) is 0.234. The van der Waals surface area contributed by atoms with Crippen LogP contribution in [0.1, 0.15) is 11.1 Å². The predicted octanol–water partition coefficient (Wildman–Crippen LogP) is 9.82. The number of fused-ring (bicyclic) bond motifs is 6. The highest BCUT2D eigenvalue weighted by Gasteiger charge is 2.22. The zero-order valence-electron chi connectivity index (χ0n) is 21.5. The molecule has 1 aliphatic carbocycles. The highest BCUT2D eigenvalue weighted by molar-refractivity contribution is 6.09. The van der Waals surface area contributed by atoms with Crippen LogP contribution >= 0.6 is 0 Å². The van der Waals surface area contributed by atoms with E-state index in [1.54, 1.807) is 0 Å². The summed E-state index contributed by atoms with van der Waals surface area (Å²) in [7, 11) is 0. The highest BCUT2D eigenvalue weighted by atomic mass is 15.1. The van der Waals surface area contributed by atoms with Gasteiger partial charge >= 0.3 is 0 Å². The van der Waals surface area contributed by atoms with Gasteiger partial charge in [-0.1, -0.05) is 84.9 Å². The van der Waals surface area contributed by atoms with Crippen molar-refractivity contribution in [2.75, 3.05) is 4.90 Å². The Morgan fingerprint density at radius 1 is 0.436 bits per heavy atom. The Hall–Kier alpha value is -5.08. The zero-order chi connectivity index (χ0) is 25.8. The van der Waals surface area contributed by atoms with E-state index in [1.807, 2.05) is 0 Å². The lowest BCUT2D eigenvalue weighted by molar-refractivity contribution is 1.16. The molecule has 184 valence electrons. The first-order valence-electron chi connectivity index (χ1n) is 13.5. The minimum atomic E-state index is 0.931. The molecular weight excluding hydrogens is 472 g/mol. The summed E-state index contributed by atoms with van der Waals surface area (Å²) in [6, 6.07) is 52.6. The molecule has 1 heterocycles. The number of anilines is 3. The van der Waals surface area contributed by atoms with Crippen LogP contribution in [0.5, 0.6) is 0 Å². The first-order valence-corrected chi connectivity index (χ1v) is 13.5. The fourth-order valence-electron chi connectivity index (χ4n) is 6.26. The third kappa shape index (κ3) is 3.49. The Morgan fingerprint density at radius 3 is 1.56 bits per heavy atom. The maximum atomic E-state index is 2.41. The second-order valence-electron chi connectivity index (χ2n) is 10.2. The minimum absolute atomic E-state index is 0.931. The van der Waals surface area contributed by atoms with Crippen molar-refractivity contribution in [3.63, 3.8) is 0 Å². The van der Waals surface area contributed by atoms with Crippen LogP contribution in [0.15, 0.2) is 146 Å². The van der Waals surface area contributed by atoms with Gasteiger partial charge in [-0.2, -0.15) is 0 Å². The molecule has 2 heteroatoms. The first kappa shape index (κ1) is 22.0. The van der Waals surface area contributed by atoms with Gasteiger partial charge in [0.2, 0.25) is 0 Å². The van der Waals surface area contributed by atoms with Crippen LogP contribution in [0, 0.1) is 0 Å². The molecule has 0 radical (unpaired) electrons. The van der Waals surface area contributed by atoms with Crippen molar-refractivity contribution in [2.45, 2.75) is 6.42 Å². The van der Waals surface area contributed by atoms with Crippen molar-refractivity contribution < 1.29 is 0 Å². The number of nitrogens with zero attached hydrogens (tertiary/aromatic N) is 2. The Balaban J connectivity index is 1.23. The summed E-state index contributed by atoms with van der Waals surface area (Å²) in [6.45, 7) is 0. The van der Waals surface area contributed by atoms with Gasteiger partial charge in [-0.3, -0.25) is 0 Å². The molecule has 0 amide bonds. The average Bonchev–Trinajstić information content (AvgIpc) is 3.53. The van der Waals surface area contributed by atoms with E-state index in [2.05, 4.69) is 155 Å². The first-order chi connectivity index (χ1) is 19.3. The van der Waals surface area contributed by atoms with Gasteiger partial charge in [-0.25, -0.2) is 0 Å².